The molecule has 0 saturated carbocycles. The summed E-state index contributed by atoms with van der Waals surface area (Å²) in [6.45, 7) is 4.55. The van der Waals surface area contributed by atoms with E-state index in [0.717, 1.165) is 38.5 Å². The summed E-state index contributed by atoms with van der Waals surface area (Å²) < 4.78 is 5.88. The van der Waals surface area contributed by atoms with Crippen molar-refractivity contribution in [2.75, 3.05) is 0 Å². The Morgan fingerprint density at radius 1 is 0.439 bits per heavy atom. The van der Waals surface area contributed by atoms with Crippen LogP contribution in [0.3, 0.4) is 0 Å². The Morgan fingerprint density at radius 2 is 0.732 bits per heavy atom. The smallest absolute Gasteiger partial charge is 0.306 e. The van der Waals surface area contributed by atoms with Gasteiger partial charge in [-0.25, -0.2) is 0 Å². The molecule has 4 heteroatoms. The number of hydrogen-bond acceptors (Lipinski definition) is 3. The number of carbonyl (C=O) groups excluding carboxylic acids is 1. The van der Waals surface area contributed by atoms with Crippen molar-refractivity contribution in [1.82, 2.24) is 0 Å². The van der Waals surface area contributed by atoms with Gasteiger partial charge in [0.1, 0.15) is 6.10 Å². The highest BCUT2D eigenvalue weighted by Gasteiger charge is 2.14. The fourth-order valence-corrected chi connectivity index (χ4v) is 5.83. The Kier molecular flexibility index (Phi) is 32.6. The number of unbranched alkanes of at least 4 members (excludes halogenated alkanes) is 25. The zero-order valence-electron chi connectivity index (χ0n) is 27.9. The molecule has 4 nitrogen and oxygen atoms in total. The van der Waals surface area contributed by atoms with Crippen LogP contribution in [0.4, 0.5) is 0 Å². The lowest BCUT2D eigenvalue weighted by molar-refractivity contribution is -0.150. The standard InChI is InChI=1S/C37H72O4/c1-3-5-7-9-11-13-15-17-18-19-21-23-25-27-31-35(32-29-30-33-36(38)39)41-37(40)34-28-26-24-22-20-16-14-12-10-8-6-4-2/h35H,3-34H2,1-2H3,(H,38,39). The number of carboxylic acids is 1. The number of carbonyl (C=O) groups is 2. The van der Waals surface area contributed by atoms with Gasteiger partial charge in [0.25, 0.3) is 0 Å². The van der Waals surface area contributed by atoms with Crippen molar-refractivity contribution < 1.29 is 19.4 Å². The Bertz CT molecular complexity index is 547. The van der Waals surface area contributed by atoms with E-state index >= 15 is 0 Å². The van der Waals surface area contributed by atoms with Gasteiger partial charge in [0.15, 0.2) is 0 Å². The minimum atomic E-state index is -0.738. The number of rotatable bonds is 34. The van der Waals surface area contributed by atoms with Gasteiger partial charge in [-0.15, -0.1) is 0 Å². The highest BCUT2D eigenvalue weighted by Crippen LogP contribution is 2.19. The predicted molar refractivity (Wildman–Crippen MR) is 177 cm³/mol. The molecule has 0 aliphatic rings. The fraction of sp³-hybridized carbons (Fsp3) is 0.946. The molecule has 1 unspecified atom stereocenters. The average Bonchev–Trinajstić information content (AvgIpc) is 2.95. The van der Waals surface area contributed by atoms with Crippen LogP contribution < -0.4 is 0 Å². The lowest BCUT2D eigenvalue weighted by atomic mass is 10.0. The van der Waals surface area contributed by atoms with Crippen molar-refractivity contribution in [1.29, 1.82) is 0 Å². The van der Waals surface area contributed by atoms with E-state index in [1.54, 1.807) is 0 Å². The quantitative estimate of drug-likeness (QED) is 0.0607. The zero-order valence-corrected chi connectivity index (χ0v) is 27.9. The predicted octanol–water partition coefficient (Wildman–Crippen LogP) is 12.5. The summed E-state index contributed by atoms with van der Waals surface area (Å²) in [5, 5.41) is 8.92. The molecule has 244 valence electrons. The topological polar surface area (TPSA) is 63.6 Å². The van der Waals surface area contributed by atoms with E-state index in [-0.39, 0.29) is 18.5 Å². The highest BCUT2D eigenvalue weighted by atomic mass is 16.5. The molecule has 0 spiro atoms. The fourth-order valence-electron chi connectivity index (χ4n) is 5.83. The van der Waals surface area contributed by atoms with Crippen LogP contribution in [-0.2, 0) is 14.3 Å². The molecule has 0 aliphatic carbocycles. The molecule has 0 aromatic heterocycles. The molecule has 0 radical (unpaired) electrons. The van der Waals surface area contributed by atoms with Crippen LogP contribution in [-0.4, -0.2) is 23.1 Å². The summed E-state index contributed by atoms with van der Waals surface area (Å²) in [5.74, 6) is -0.789. The number of carboxylic acid groups (broad SMARTS) is 1. The van der Waals surface area contributed by atoms with E-state index in [0.29, 0.717) is 12.8 Å². The number of hydrogen-bond donors (Lipinski definition) is 1. The van der Waals surface area contributed by atoms with Crippen LogP contribution in [0, 0.1) is 0 Å². The molecule has 0 aromatic rings. The first kappa shape index (κ1) is 39.9. The van der Waals surface area contributed by atoms with Gasteiger partial charge in [0.2, 0.25) is 0 Å². The molecule has 0 saturated heterocycles. The summed E-state index contributed by atoms with van der Waals surface area (Å²) in [4.78, 5) is 23.4. The van der Waals surface area contributed by atoms with Crippen molar-refractivity contribution in [2.24, 2.45) is 0 Å². The molecular weight excluding hydrogens is 508 g/mol. The summed E-state index contributed by atoms with van der Waals surface area (Å²) in [6, 6.07) is 0. The maximum Gasteiger partial charge on any atom is 0.306 e. The molecule has 0 rings (SSSR count). The van der Waals surface area contributed by atoms with Crippen molar-refractivity contribution in [3.8, 4) is 0 Å². The molecule has 0 aliphatic heterocycles. The molecule has 41 heavy (non-hydrogen) atoms. The van der Waals surface area contributed by atoms with E-state index in [9.17, 15) is 9.59 Å². The SMILES string of the molecule is CCCCCCCCCCCCCCCCC(CCCCC(=O)O)OC(=O)CCCCCCCCCCCCCC. The van der Waals surface area contributed by atoms with E-state index in [4.69, 9.17) is 9.84 Å². The third-order valence-electron chi connectivity index (χ3n) is 8.58. The van der Waals surface area contributed by atoms with E-state index in [1.807, 2.05) is 0 Å². The summed E-state index contributed by atoms with van der Waals surface area (Å²) >= 11 is 0. The second-order valence-corrected chi connectivity index (χ2v) is 12.8. The van der Waals surface area contributed by atoms with E-state index in [1.165, 1.54) is 148 Å². The Balaban J connectivity index is 3.87. The second-order valence-electron chi connectivity index (χ2n) is 12.8. The summed E-state index contributed by atoms with van der Waals surface area (Å²) in [7, 11) is 0. The number of esters is 1. The van der Waals surface area contributed by atoms with Crippen molar-refractivity contribution in [3.05, 3.63) is 0 Å². The van der Waals surface area contributed by atoms with E-state index < -0.39 is 5.97 Å². The first-order chi connectivity index (χ1) is 20.1. The molecule has 1 atom stereocenters. The van der Waals surface area contributed by atoms with Gasteiger partial charge in [0, 0.05) is 12.8 Å². The first-order valence-corrected chi connectivity index (χ1v) is 18.5. The first-order valence-electron chi connectivity index (χ1n) is 18.5. The Hall–Kier alpha value is -1.06. The van der Waals surface area contributed by atoms with Crippen LogP contribution in [0.1, 0.15) is 219 Å². The lowest BCUT2D eigenvalue weighted by Crippen LogP contribution is -2.18. The van der Waals surface area contributed by atoms with Gasteiger partial charge in [0.05, 0.1) is 0 Å². The maximum atomic E-state index is 12.5. The number of ether oxygens (including phenoxy) is 1. The van der Waals surface area contributed by atoms with E-state index in [2.05, 4.69) is 13.8 Å². The lowest BCUT2D eigenvalue weighted by Gasteiger charge is -2.18. The van der Waals surface area contributed by atoms with Gasteiger partial charge in [-0.05, 0) is 38.5 Å². The maximum absolute atomic E-state index is 12.5. The molecule has 1 N–H and O–H groups in total. The summed E-state index contributed by atoms with van der Waals surface area (Å²) in [6.07, 6.45) is 38.2. The van der Waals surface area contributed by atoms with Crippen LogP contribution in [0.15, 0.2) is 0 Å². The minimum absolute atomic E-state index is 0.0362. The van der Waals surface area contributed by atoms with Gasteiger partial charge in [-0.2, -0.15) is 0 Å². The van der Waals surface area contributed by atoms with Crippen LogP contribution >= 0.6 is 0 Å². The van der Waals surface area contributed by atoms with Gasteiger partial charge in [-0.3, -0.25) is 9.59 Å². The van der Waals surface area contributed by atoms with Crippen LogP contribution in [0.5, 0.6) is 0 Å². The third kappa shape index (κ3) is 33.3. The second kappa shape index (κ2) is 33.4. The van der Waals surface area contributed by atoms with Crippen molar-refractivity contribution in [3.63, 3.8) is 0 Å². The van der Waals surface area contributed by atoms with Gasteiger partial charge in [-0.1, -0.05) is 168 Å². The zero-order chi connectivity index (χ0) is 30.1. The normalized spacial score (nSPS) is 12.0. The molecule has 0 amide bonds. The van der Waals surface area contributed by atoms with Gasteiger partial charge >= 0.3 is 11.9 Å². The minimum Gasteiger partial charge on any atom is -0.481 e. The van der Waals surface area contributed by atoms with Crippen molar-refractivity contribution >= 4 is 11.9 Å². The monoisotopic (exact) mass is 581 g/mol. The Labute approximate surface area is 256 Å². The largest absolute Gasteiger partial charge is 0.481 e. The molecule has 0 fully saturated rings. The van der Waals surface area contributed by atoms with Gasteiger partial charge < -0.3 is 9.84 Å². The van der Waals surface area contributed by atoms with Crippen molar-refractivity contribution in [2.45, 2.75) is 225 Å². The molecule has 0 aromatic carbocycles. The highest BCUT2D eigenvalue weighted by molar-refractivity contribution is 5.69. The molecule has 0 bridgehead atoms. The third-order valence-corrected chi connectivity index (χ3v) is 8.58. The van der Waals surface area contributed by atoms with Crippen LogP contribution in [0.2, 0.25) is 0 Å². The van der Waals surface area contributed by atoms with Crippen LogP contribution in [0.25, 0.3) is 0 Å². The molecule has 0 heterocycles. The Morgan fingerprint density at radius 3 is 1.10 bits per heavy atom. The summed E-state index contributed by atoms with van der Waals surface area (Å²) in [5.41, 5.74) is 0. The number of aliphatic carboxylic acids is 1. The molecular formula is C37H72O4. The average molecular weight is 581 g/mol.